The molecular weight excluding hydrogens is 326 g/mol. The van der Waals surface area contributed by atoms with E-state index in [0.29, 0.717) is 0 Å². The second kappa shape index (κ2) is 7.10. The Labute approximate surface area is 135 Å². The molecule has 2 nitrogen and oxygen atoms in total. The van der Waals surface area contributed by atoms with Crippen LogP contribution in [0.15, 0.2) is 40.9 Å². The van der Waals surface area contributed by atoms with Gasteiger partial charge >= 0.3 is 0 Å². The smallest absolute Gasteiger partial charge is 0.124 e. The summed E-state index contributed by atoms with van der Waals surface area (Å²) < 4.78 is 6.70. The van der Waals surface area contributed by atoms with Crippen molar-refractivity contribution < 1.29 is 4.74 Å². The van der Waals surface area contributed by atoms with Gasteiger partial charge in [0.2, 0.25) is 0 Å². The highest BCUT2D eigenvalue weighted by Gasteiger charge is 2.20. The van der Waals surface area contributed by atoms with Crippen molar-refractivity contribution in [1.82, 2.24) is 5.32 Å². The van der Waals surface area contributed by atoms with E-state index in [1.165, 1.54) is 16.7 Å². The van der Waals surface area contributed by atoms with Crippen molar-refractivity contribution in [2.45, 2.75) is 26.3 Å². The van der Waals surface area contributed by atoms with Gasteiger partial charge in [0.25, 0.3) is 0 Å². The maximum absolute atomic E-state index is 5.60. The average Bonchev–Trinajstić information content (AvgIpc) is 2.51. The number of benzene rings is 2. The van der Waals surface area contributed by atoms with Gasteiger partial charge in [-0.25, -0.2) is 0 Å². The maximum atomic E-state index is 5.60. The molecule has 2 rings (SSSR count). The molecule has 21 heavy (non-hydrogen) atoms. The third-order valence-corrected chi connectivity index (χ3v) is 4.71. The SMILES string of the molecule is CCc1ccccc1C(NC)c1cc(Br)c(C)cc1OC. The fraction of sp³-hybridized carbons (Fsp3) is 0.333. The molecular formula is C18H22BrNO. The summed E-state index contributed by atoms with van der Waals surface area (Å²) in [4.78, 5) is 0. The Hall–Kier alpha value is -1.32. The predicted molar refractivity (Wildman–Crippen MR) is 92.2 cm³/mol. The van der Waals surface area contributed by atoms with Crippen molar-refractivity contribution in [3.63, 3.8) is 0 Å². The Morgan fingerprint density at radius 1 is 1.19 bits per heavy atom. The van der Waals surface area contributed by atoms with Gasteiger partial charge in [-0.1, -0.05) is 47.1 Å². The van der Waals surface area contributed by atoms with E-state index in [4.69, 9.17) is 4.74 Å². The Morgan fingerprint density at radius 2 is 1.90 bits per heavy atom. The number of rotatable bonds is 5. The highest BCUT2D eigenvalue weighted by molar-refractivity contribution is 9.10. The highest BCUT2D eigenvalue weighted by atomic mass is 79.9. The number of aryl methyl sites for hydroxylation is 2. The van der Waals surface area contributed by atoms with Crippen molar-refractivity contribution in [2.24, 2.45) is 0 Å². The Morgan fingerprint density at radius 3 is 2.52 bits per heavy atom. The summed E-state index contributed by atoms with van der Waals surface area (Å²) in [6.07, 6.45) is 1.02. The summed E-state index contributed by atoms with van der Waals surface area (Å²) in [6, 6.07) is 12.9. The number of methoxy groups -OCH3 is 1. The van der Waals surface area contributed by atoms with Crippen LogP contribution in [0.2, 0.25) is 0 Å². The molecule has 0 aliphatic heterocycles. The molecule has 0 radical (unpaired) electrons. The molecule has 0 amide bonds. The first-order valence-electron chi connectivity index (χ1n) is 7.21. The summed E-state index contributed by atoms with van der Waals surface area (Å²) >= 11 is 3.63. The van der Waals surface area contributed by atoms with Gasteiger partial charge in [0.1, 0.15) is 5.75 Å². The fourth-order valence-corrected chi connectivity index (χ4v) is 3.05. The molecule has 3 heteroatoms. The minimum Gasteiger partial charge on any atom is -0.496 e. The third kappa shape index (κ3) is 3.30. The van der Waals surface area contributed by atoms with Crippen molar-refractivity contribution >= 4 is 15.9 Å². The zero-order valence-corrected chi connectivity index (χ0v) is 14.6. The van der Waals surface area contributed by atoms with Crippen LogP contribution in [-0.2, 0) is 6.42 Å². The molecule has 112 valence electrons. The summed E-state index contributed by atoms with van der Waals surface area (Å²) in [5.41, 5.74) is 4.99. The van der Waals surface area contributed by atoms with E-state index in [9.17, 15) is 0 Å². The highest BCUT2D eigenvalue weighted by Crippen LogP contribution is 2.35. The first kappa shape index (κ1) is 16.1. The largest absolute Gasteiger partial charge is 0.496 e. The number of nitrogens with one attached hydrogen (secondary N) is 1. The van der Waals surface area contributed by atoms with E-state index < -0.39 is 0 Å². The van der Waals surface area contributed by atoms with Crippen molar-refractivity contribution in [2.75, 3.05) is 14.2 Å². The van der Waals surface area contributed by atoms with Crippen molar-refractivity contribution in [3.05, 3.63) is 63.1 Å². The number of hydrogen-bond acceptors (Lipinski definition) is 2. The first-order valence-corrected chi connectivity index (χ1v) is 8.00. The average molecular weight is 348 g/mol. The molecule has 1 atom stereocenters. The second-order valence-electron chi connectivity index (χ2n) is 5.12. The van der Waals surface area contributed by atoms with Crippen LogP contribution >= 0.6 is 15.9 Å². The number of hydrogen-bond donors (Lipinski definition) is 1. The Balaban J connectivity index is 2.58. The summed E-state index contributed by atoms with van der Waals surface area (Å²) in [5.74, 6) is 0.918. The fourth-order valence-electron chi connectivity index (χ4n) is 2.69. The second-order valence-corrected chi connectivity index (χ2v) is 5.97. The van der Waals surface area contributed by atoms with E-state index in [2.05, 4.69) is 71.5 Å². The van der Waals surface area contributed by atoms with Gasteiger partial charge in [-0.15, -0.1) is 0 Å². The van der Waals surface area contributed by atoms with Crippen LogP contribution in [0.1, 0.15) is 35.2 Å². The molecule has 0 heterocycles. The minimum atomic E-state index is 0.119. The van der Waals surface area contributed by atoms with E-state index in [-0.39, 0.29) is 6.04 Å². The van der Waals surface area contributed by atoms with Crippen LogP contribution in [0.25, 0.3) is 0 Å². The molecule has 1 N–H and O–H groups in total. The van der Waals surface area contributed by atoms with Crippen LogP contribution in [0.4, 0.5) is 0 Å². The maximum Gasteiger partial charge on any atom is 0.124 e. The molecule has 2 aromatic carbocycles. The third-order valence-electron chi connectivity index (χ3n) is 3.86. The molecule has 0 aliphatic rings. The topological polar surface area (TPSA) is 21.3 Å². The van der Waals surface area contributed by atoms with Gasteiger partial charge in [0.05, 0.1) is 13.2 Å². The van der Waals surface area contributed by atoms with Crippen molar-refractivity contribution in [3.8, 4) is 5.75 Å². The molecule has 2 aromatic rings. The summed E-state index contributed by atoms with van der Waals surface area (Å²) in [5, 5.41) is 3.43. The van der Waals surface area contributed by atoms with Crippen LogP contribution in [0.3, 0.4) is 0 Å². The normalized spacial score (nSPS) is 12.2. The lowest BCUT2D eigenvalue weighted by molar-refractivity contribution is 0.405. The molecule has 0 saturated carbocycles. The molecule has 0 aliphatic carbocycles. The number of halogens is 1. The predicted octanol–water partition coefficient (Wildman–Crippen LogP) is 4.64. The quantitative estimate of drug-likeness (QED) is 0.850. The monoisotopic (exact) mass is 347 g/mol. The zero-order valence-electron chi connectivity index (χ0n) is 13.0. The van der Waals surface area contributed by atoms with E-state index in [0.717, 1.165) is 22.2 Å². The van der Waals surface area contributed by atoms with Crippen LogP contribution in [0.5, 0.6) is 5.75 Å². The van der Waals surface area contributed by atoms with Gasteiger partial charge in [-0.2, -0.15) is 0 Å². The van der Waals surface area contributed by atoms with Gasteiger partial charge in [0.15, 0.2) is 0 Å². The molecule has 0 aromatic heterocycles. The minimum absolute atomic E-state index is 0.119. The standard InChI is InChI=1S/C18H22BrNO/c1-5-13-8-6-7-9-14(13)18(20-3)15-11-16(19)12(2)10-17(15)21-4/h6-11,18,20H,5H2,1-4H3. The van der Waals surface area contributed by atoms with Crippen molar-refractivity contribution in [1.29, 1.82) is 0 Å². The van der Waals surface area contributed by atoms with E-state index in [1.807, 2.05) is 7.05 Å². The van der Waals surface area contributed by atoms with Crippen LogP contribution in [0, 0.1) is 6.92 Å². The molecule has 0 bridgehead atoms. The van der Waals surface area contributed by atoms with Gasteiger partial charge in [-0.05, 0) is 49.2 Å². The summed E-state index contributed by atoms with van der Waals surface area (Å²) in [7, 11) is 3.72. The lowest BCUT2D eigenvalue weighted by Crippen LogP contribution is -2.20. The van der Waals surface area contributed by atoms with Crippen LogP contribution < -0.4 is 10.1 Å². The molecule has 1 unspecified atom stereocenters. The lowest BCUT2D eigenvalue weighted by Gasteiger charge is -2.23. The van der Waals surface area contributed by atoms with Crippen LogP contribution in [-0.4, -0.2) is 14.2 Å². The van der Waals surface area contributed by atoms with Gasteiger partial charge < -0.3 is 10.1 Å². The first-order chi connectivity index (χ1) is 10.1. The van der Waals surface area contributed by atoms with Gasteiger partial charge in [-0.3, -0.25) is 0 Å². The lowest BCUT2D eigenvalue weighted by atomic mass is 9.92. The Kier molecular flexibility index (Phi) is 5.43. The van der Waals surface area contributed by atoms with E-state index in [1.54, 1.807) is 7.11 Å². The molecule has 0 fully saturated rings. The van der Waals surface area contributed by atoms with Gasteiger partial charge in [0, 0.05) is 10.0 Å². The zero-order chi connectivity index (χ0) is 15.4. The van der Waals surface area contributed by atoms with E-state index >= 15 is 0 Å². The summed E-state index contributed by atoms with van der Waals surface area (Å²) in [6.45, 7) is 4.26. The number of ether oxygens (including phenoxy) is 1. The molecule has 0 saturated heterocycles. The Bertz CT molecular complexity index is 625. The molecule has 0 spiro atoms.